The van der Waals surface area contributed by atoms with E-state index in [9.17, 15) is 19.1 Å². The number of aliphatic carboxylic acids is 1. The summed E-state index contributed by atoms with van der Waals surface area (Å²) in [6.45, 7) is 0.573. The van der Waals surface area contributed by atoms with Crippen LogP contribution in [0.15, 0.2) is 18.2 Å². The number of aliphatic hydroxyl groups is 1. The van der Waals surface area contributed by atoms with Crippen molar-refractivity contribution in [1.29, 1.82) is 0 Å². The Labute approximate surface area is 107 Å². The zero-order valence-electron chi connectivity index (χ0n) is 9.41. The molecule has 0 heterocycles. The molecular formula is C11H11ClFNO4. The largest absolute Gasteiger partial charge is 0.479 e. The van der Waals surface area contributed by atoms with E-state index in [2.05, 4.69) is 5.32 Å². The standard InChI is InChI=1S/C11H11ClFNO4/c1-11(18,10(16)17)5-14-9(15)6-2-3-8(13)7(12)4-6/h2-4,18H,5H2,1H3,(H,14,15)(H,16,17). The average Bonchev–Trinajstić information content (AvgIpc) is 2.29. The molecule has 0 saturated carbocycles. The second kappa shape index (κ2) is 5.32. The SMILES string of the molecule is CC(O)(CNC(=O)c1ccc(F)c(Cl)c1)C(=O)O. The van der Waals surface area contributed by atoms with Crippen LogP contribution in [0.1, 0.15) is 17.3 Å². The number of carboxylic acid groups (broad SMARTS) is 1. The van der Waals surface area contributed by atoms with Gasteiger partial charge >= 0.3 is 5.97 Å². The third-order valence-electron chi connectivity index (χ3n) is 2.24. The van der Waals surface area contributed by atoms with Crippen LogP contribution in [-0.4, -0.2) is 34.2 Å². The molecule has 0 saturated heterocycles. The number of hydrogen-bond donors (Lipinski definition) is 3. The minimum atomic E-state index is -2.07. The van der Waals surface area contributed by atoms with Gasteiger partial charge in [0.2, 0.25) is 0 Å². The summed E-state index contributed by atoms with van der Waals surface area (Å²) in [7, 11) is 0. The van der Waals surface area contributed by atoms with Gasteiger partial charge in [0.05, 0.1) is 11.6 Å². The predicted octanol–water partition coefficient (Wildman–Crippen LogP) is 1.04. The summed E-state index contributed by atoms with van der Waals surface area (Å²) in [5, 5.41) is 20.0. The van der Waals surface area contributed by atoms with Crippen LogP contribution in [0.25, 0.3) is 0 Å². The lowest BCUT2D eigenvalue weighted by Gasteiger charge is -2.18. The molecule has 1 amide bonds. The second-order valence-corrected chi connectivity index (χ2v) is 4.30. The van der Waals surface area contributed by atoms with E-state index >= 15 is 0 Å². The smallest absolute Gasteiger partial charge is 0.337 e. The minimum Gasteiger partial charge on any atom is -0.479 e. The molecule has 0 aliphatic carbocycles. The zero-order valence-corrected chi connectivity index (χ0v) is 10.2. The predicted molar refractivity (Wildman–Crippen MR) is 62.0 cm³/mol. The number of nitrogens with one attached hydrogen (secondary N) is 1. The normalized spacial score (nSPS) is 13.8. The van der Waals surface area contributed by atoms with Crippen LogP contribution in [0.4, 0.5) is 4.39 Å². The lowest BCUT2D eigenvalue weighted by atomic mass is 10.1. The van der Waals surface area contributed by atoms with E-state index in [4.69, 9.17) is 16.7 Å². The summed E-state index contributed by atoms with van der Waals surface area (Å²) in [6, 6.07) is 3.33. The maximum Gasteiger partial charge on any atom is 0.337 e. The molecule has 0 bridgehead atoms. The van der Waals surface area contributed by atoms with Gasteiger partial charge in [0.25, 0.3) is 5.91 Å². The lowest BCUT2D eigenvalue weighted by Crippen LogP contribution is -2.46. The van der Waals surface area contributed by atoms with Crippen LogP contribution in [0, 0.1) is 5.82 Å². The third kappa shape index (κ3) is 3.41. The van der Waals surface area contributed by atoms with Gasteiger partial charge in [-0.05, 0) is 25.1 Å². The number of halogens is 2. The monoisotopic (exact) mass is 275 g/mol. The summed E-state index contributed by atoms with van der Waals surface area (Å²) >= 11 is 5.50. The molecule has 1 aromatic rings. The van der Waals surface area contributed by atoms with Gasteiger partial charge in [-0.2, -0.15) is 0 Å². The molecule has 0 aliphatic heterocycles. The molecule has 0 aromatic heterocycles. The van der Waals surface area contributed by atoms with Crippen molar-refractivity contribution in [3.63, 3.8) is 0 Å². The second-order valence-electron chi connectivity index (χ2n) is 3.89. The lowest BCUT2D eigenvalue weighted by molar-refractivity contribution is -0.155. The number of benzene rings is 1. The van der Waals surface area contributed by atoms with Crippen LogP contribution in [0.5, 0.6) is 0 Å². The number of carbonyl (C=O) groups excluding carboxylic acids is 1. The van der Waals surface area contributed by atoms with Gasteiger partial charge < -0.3 is 15.5 Å². The fraction of sp³-hybridized carbons (Fsp3) is 0.273. The van der Waals surface area contributed by atoms with Gasteiger partial charge in [-0.15, -0.1) is 0 Å². The molecule has 0 radical (unpaired) electrons. The molecular weight excluding hydrogens is 265 g/mol. The molecule has 7 heteroatoms. The van der Waals surface area contributed by atoms with Crippen LogP contribution in [0.2, 0.25) is 5.02 Å². The number of carbonyl (C=O) groups is 2. The maximum atomic E-state index is 12.9. The van der Waals surface area contributed by atoms with Crippen molar-refractivity contribution in [1.82, 2.24) is 5.32 Å². The van der Waals surface area contributed by atoms with E-state index in [1.54, 1.807) is 0 Å². The molecule has 18 heavy (non-hydrogen) atoms. The quantitative estimate of drug-likeness (QED) is 0.766. The molecule has 1 atom stereocenters. The van der Waals surface area contributed by atoms with E-state index < -0.39 is 29.8 Å². The molecule has 0 aliphatic rings. The van der Waals surface area contributed by atoms with Crippen LogP contribution in [0.3, 0.4) is 0 Å². The van der Waals surface area contributed by atoms with Crippen molar-refractivity contribution in [2.24, 2.45) is 0 Å². The van der Waals surface area contributed by atoms with Crippen molar-refractivity contribution < 1.29 is 24.2 Å². The summed E-state index contributed by atoms with van der Waals surface area (Å²) in [5.74, 6) is -2.77. The molecule has 1 aromatic carbocycles. The fourth-order valence-electron chi connectivity index (χ4n) is 1.07. The summed E-state index contributed by atoms with van der Waals surface area (Å²) < 4.78 is 12.9. The van der Waals surface area contributed by atoms with Gasteiger partial charge in [0.15, 0.2) is 5.60 Å². The molecule has 1 unspecified atom stereocenters. The van der Waals surface area contributed by atoms with Gasteiger partial charge in [-0.3, -0.25) is 4.79 Å². The first-order chi connectivity index (χ1) is 8.24. The van der Waals surface area contributed by atoms with Crippen LogP contribution < -0.4 is 5.32 Å². The first-order valence-corrected chi connectivity index (χ1v) is 5.31. The molecule has 0 spiro atoms. The van der Waals surface area contributed by atoms with E-state index in [1.165, 1.54) is 6.07 Å². The first-order valence-electron chi connectivity index (χ1n) is 4.93. The highest BCUT2D eigenvalue weighted by molar-refractivity contribution is 6.31. The highest BCUT2D eigenvalue weighted by Gasteiger charge is 2.30. The Hall–Kier alpha value is -1.66. The molecule has 3 N–H and O–H groups in total. The Bertz CT molecular complexity index is 490. The van der Waals surface area contributed by atoms with Crippen LogP contribution in [-0.2, 0) is 4.79 Å². The van der Waals surface area contributed by atoms with E-state index in [1.807, 2.05) is 0 Å². The Balaban J connectivity index is 2.72. The van der Waals surface area contributed by atoms with Crippen molar-refractivity contribution in [2.75, 3.05) is 6.54 Å². The molecule has 98 valence electrons. The zero-order chi connectivity index (χ0) is 13.9. The molecule has 1 rings (SSSR count). The highest BCUT2D eigenvalue weighted by atomic mass is 35.5. The van der Waals surface area contributed by atoms with Crippen LogP contribution >= 0.6 is 11.6 Å². The van der Waals surface area contributed by atoms with Crippen molar-refractivity contribution in [3.05, 3.63) is 34.6 Å². The average molecular weight is 276 g/mol. The fourth-order valence-corrected chi connectivity index (χ4v) is 1.25. The Morgan fingerprint density at radius 2 is 2.11 bits per heavy atom. The highest BCUT2D eigenvalue weighted by Crippen LogP contribution is 2.16. The number of rotatable bonds is 4. The Kier molecular flexibility index (Phi) is 4.26. The maximum absolute atomic E-state index is 12.9. The Morgan fingerprint density at radius 3 is 2.61 bits per heavy atom. The van der Waals surface area contributed by atoms with Gasteiger partial charge in [-0.1, -0.05) is 11.6 Å². The number of amides is 1. The van der Waals surface area contributed by atoms with Crippen molar-refractivity contribution >= 4 is 23.5 Å². The van der Waals surface area contributed by atoms with E-state index in [-0.39, 0.29) is 10.6 Å². The summed E-state index contributed by atoms with van der Waals surface area (Å²) in [6.07, 6.45) is 0. The van der Waals surface area contributed by atoms with Gasteiger partial charge in [-0.25, -0.2) is 9.18 Å². The third-order valence-corrected chi connectivity index (χ3v) is 2.53. The van der Waals surface area contributed by atoms with Crippen molar-refractivity contribution in [2.45, 2.75) is 12.5 Å². The first kappa shape index (κ1) is 14.4. The number of hydrogen-bond acceptors (Lipinski definition) is 3. The van der Waals surface area contributed by atoms with Gasteiger partial charge in [0, 0.05) is 5.56 Å². The summed E-state index contributed by atoms with van der Waals surface area (Å²) in [5.41, 5.74) is -2.00. The van der Waals surface area contributed by atoms with E-state index in [0.29, 0.717) is 0 Å². The Morgan fingerprint density at radius 1 is 1.50 bits per heavy atom. The van der Waals surface area contributed by atoms with Crippen molar-refractivity contribution in [3.8, 4) is 0 Å². The molecule has 5 nitrogen and oxygen atoms in total. The minimum absolute atomic E-state index is 0.0718. The van der Waals surface area contributed by atoms with E-state index in [0.717, 1.165) is 19.1 Å². The topological polar surface area (TPSA) is 86.6 Å². The molecule has 0 fully saturated rings. The number of carboxylic acids is 1. The van der Waals surface area contributed by atoms with Gasteiger partial charge in [0.1, 0.15) is 5.82 Å². The summed E-state index contributed by atoms with van der Waals surface area (Å²) in [4.78, 5) is 22.2.